The monoisotopic (exact) mass is 166 g/mol. The van der Waals surface area contributed by atoms with Crippen LogP contribution >= 0.6 is 0 Å². The fourth-order valence-electron chi connectivity index (χ4n) is 1.12. The molecule has 2 N–H and O–H groups in total. The number of carbonyl (C=O) groups is 1. The Bertz CT molecular complexity index is 265. The molecule has 1 heterocycles. The maximum Gasteiger partial charge on any atom is 0.224 e. The summed E-state index contributed by atoms with van der Waals surface area (Å²) >= 11 is 0. The van der Waals surface area contributed by atoms with Crippen molar-refractivity contribution >= 4 is 5.91 Å². The Morgan fingerprint density at radius 2 is 2.42 bits per heavy atom. The van der Waals surface area contributed by atoms with Gasteiger partial charge in [-0.15, -0.1) is 0 Å². The highest BCUT2D eigenvalue weighted by molar-refractivity contribution is 5.78. The lowest BCUT2D eigenvalue weighted by Gasteiger charge is -1.98. The molecule has 0 spiro atoms. The van der Waals surface area contributed by atoms with Crippen LogP contribution in [0.5, 0.6) is 0 Å². The van der Waals surface area contributed by atoms with E-state index in [-0.39, 0.29) is 5.91 Å². The van der Waals surface area contributed by atoms with Gasteiger partial charge in [0.1, 0.15) is 0 Å². The third kappa shape index (κ3) is 2.42. The van der Waals surface area contributed by atoms with Crippen molar-refractivity contribution in [2.75, 3.05) is 6.54 Å². The summed E-state index contributed by atoms with van der Waals surface area (Å²) in [7, 11) is 0. The molecule has 3 heteroatoms. The third-order valence-electron chi connectivity index (χ3n) is 1.63. The molecule has 3 nitrogen and oxygen atoms in total. The Hall–Kier alpha value is -1.25. The normalized spacial score (nSPS) is 9.83. The standard InChI is InChI=1S/C9H14N2O/c1-3-10-9(12)5-8-4-7(2)11-6-8/h4,6,11H,3,5H2,1-2H3,(H,10,12). The number of likely N-dealkylation sites (N-methyl/N-ethyl adjacent to an activating group) is 1. The highest BCUT2D eigenvalue weighted by Gasteiger charge is 2.02. The van der Waals surface area contributed by atoms with Gasteiger partial charge in [-0.1, -0.05) is 0 Å². The van der Waals surface area contributed by atoms with Crippen LogP contribution in [0.2, 0.25) is 0 Å². The lowest BCUT2D eigenvalue weighted by Crippen LogP contribution is -2.24. The molecule has 0 aliphatic rings. The minimum absolute atomic E-state index is 0.0801. The molecule has 0 saturated heterocycles. The second-order valence-corrected chi connectivity index (χ2v) is 2.82. The van der Waals surface area contributed by atoms with Crippen LogP contribution in [0, 0.1) is 6.92 Å². The van der Waals surface area contributed by atoms with Gasteiger partial charge in [0.25, 0.3) is 0 Å². The summed E-state index contributed by atoms with van der Waals surface area (Å²) in [5, 5.41) is 2.75. The van der Waals surface area contributed by atoms with Crippen LogP contribution in [-0.2, 0) is 11.2 Å². The van der Waals surface area contributed by atoms with Gasteiger partial charge in [0.05, 0.1) is 6.42 Å². The van der Waals surface area contributed by atoms with Crippen molar-refractivity contribution in [1.82, 2.24) is 10.3 Å². The molecular weight excluding hydrogens is 152 g/mol. The fraction of sp³-hybridized carbons (Fsp3) is 0.444. The van der Waals surface area contributed by atoms with Gasteiger partial charge >= 0.3 is 0 Å². The first-order valence-electron chi connectivity index (χ1n) is 4.13. The van der Waals surface area contributed by atoms with Crippen molar-refractivity contribution in [3.05, 3.63) is 23.5 Å². The van der Waals surface area contributed by atoms with Crippen molar-refractivity contribution in [3.8, 4) is 0 Å². The molecule has 0 fully saturated rings. The van der Waals surface area contributed by atoms with Gasteiger partial charge in [0.2, 0.25) is 5.91 Å². The van der Waals surface area contributed by atoms with Gasteiger partial charge in [-0.3, -0.25) is 4.79 Å². The maximum absolute atomic E-state index is 11.1. The van der Waals surface area contributed by atoms with Crippen LogP contribution in [0.4, 0.5) is 0 Å². The lowest BCUT2D eigenvalue weighted by atomic mass is 10.2. The predicted molar refractivity (Wildman–Crippen MR) is 47.9 cm³/mol. The van der Waals surface area contributed by atoms with E-state index in [4.69, 9.17) is 0 Å². The van der Waals surface area contributed by atoms with E-state index < -0.39 is 0 Å². The summed E-state index contributed by atoms with van der Waals surface area (Å²) in [5.74, 6) is 0.0801. The van der Waals surface area contributed by atoms with E-state index in [0.717, 1.165) is 11.3 Å². The molecule has 1 amide bonds. The number of hydrogen-bond acceptors (Lipinski definition) is 1. The zero-order chi connectivity index (χ0) is 8.97. The van der Waals surface area contributed by atoms with E-state index >= 15 is 0 Å². The highest BCUT2D eigenvalue weighted by atomic mass is 16.1. The minimum atomic E-state index is 0.0801. The van der Waals surface area contributed by atoms with Crippen LogP contribution in [0.15, 0.2) is 12.3 Å². The minimum Gasteiger partial charge on any atom is -0.365 e. The highest BCUT2D eigenvalue weighted by Crippen LogP contribution is 2.02. The number of hydrogen-bond donors (Lipinski definition) is 2. The average molecular weight is 166 g/mol. The summed E-state index contributed by atoms with van der Waals surface area (Å²) in [6, 6.07) is 1.98. The average Bonchev–Trinajstić information content (AvgIpc) is 2.36. The number of aromatic amines is 1. The number of rotatable bonds is 3. The molecule has 0 unspecified atom stereocenters. The van der Waals surface area contributed by atoms with Gasteiger partial charge in [-0.2, -0.15) is 0 Å². The van der Waals surface area contributed by atoms with Crippen LogP contribution in [0.3, 0.4) is 0 Å². The van der Waals surface area contributed by atoms with E-state index in [1.54, 1.807) is 0 Å². The van der Waals surface area contributed by atoms with E-state index in [2.05, 4.69) is 10.3 Å². The molecule has 1 aromatic rings. The van der Waals surface area contributed by atoms with Gasteiger partial charge in [0.15, 0.2) is 0 Å². The Kier molecular flexibility index (Phi) is 2.91. The molecular formula is C9H14N2O. The predicted octanol–water partition coefficient (Wildman–Crippen LogP) is 1.00. The number of aryl methyl sites for hydroxylation is 1. The third-order valence-corrected chi connectivity index (χ3v) is 1.63. The van der Waals surface area contributed by atoms with Gasteiger partial charge < -0.3 is 10.3 Å². The molecule has 0 saturated carbocycles. The van der Waals surface area contributed by atoms with E-state index in [1.807, 2.05) is 26.1 Å². The summed E-state index contributed by atoms with van der Waals surface area (Å²) < 4.78 is 0. The molecule has 12 heavy (non-hydrogen) atoms. The summed E-state index contributed by atoms with van der Waals surface area (Å²) in [6.45, 7) is 4.59. The number of amides is 1. The molecule has 0 bridgehead atoms. The summed E-state index contributed by atoms with van der Waals surface area (Å²) in [5.41, 5.74) is 2.13. The van der Waals surface area contributed by atoms with Crippen molar-refractivity contribution in [2.24, 2.45) is 0 Å². The first-order chi connectivity index (χ1) is 5.72. The second-order valence-electron chi connectivity index (χ2n) is 2.82. The van der Waals surface area contributed by atoms with E-state index in [9.17, 15) is 4.79 Å². The van der Waals surface area contributed by atoms with Crippen LogP contribution in [0.1, 0.15) is 18.2 Å². The molecule has 1 aromatic heterocycles. The molecule has 0 aromatic carbocycles. The quantitative estimate of drug-likeness (QED) is 0.691. The van der Waals surface area contributed by atoms with Crippen molar-refractivity contribution in [3.63, 3.8) is 0 Å². The van der Waals surface area contributed by atoms with Crippen LogP contribution < -0.4 is 5.32 Å². The molecule has 0 aliphatic carbocycles. The number of H-pyrrole nitrogens is 1. The zero-order valence-corrected chi connectivity index (χ0v) is 7.48. The first kappa shape index (κ1) is 8.84. The largest absolute Gasteiger partial charge is 0.365 e. The lowest BCUT2D eigenvalue weighted by molar-refractivity contribution is -0.120. The summed E-state index contributed by atoms with van der Waals surface area (Å²) in [6.07, 6.45) is 2.34. The van der Waals surface area contributed by atoms with Crippen molar-refractivity contribution in [1.29, 1.82) is 0 Å². The Balaban J connectivity index is 2.46. The van der Waals surface area contributed by atoms with Crippen molar-refractivity contribution in [2.45, 2.75) is 20.3 Å². The van der Waals surface area contributed by atoms with Gasteiger partial charge in [-0.25, -0.2) is 0 Å². The van der Waals surface area contributed by atoms with Crippen molar-refractivity contribution < 1.29 is 4.79 Å². The van der Waals surface area contributed by atoms with Gasteiger partial charge in [-0.05, 0) is 25.5 Å². The van der Waals surface area contributed by atoms with Crippen LogP contribution in [0.25, 0.3) is 0 Å². The van der Waals surface area contributed by atoms with Crippen LogP contribution in [-0.4, -0.2) is 17.4 Å². The van der Waals surface area contributed by atoms with Gasteiger partial charge in [0, 0.05) is 18.4 Å². The first-order valence-corrected chi connectivity index (χ1v) is 4.13. The molecule has 1 rings (SSSR count). The maximum atomic E-state index is 11.1. The van der Waals surface area contributed by atoms with E-state index in [1.165, 1.54) is 0 Å². The Morgan fingerprint density at radius 1 is 1.67 bits per heavy atom. The SMILES string of the molecule is CCNC(=O)Cc1c[nH]c(C)c1. The number of nitrogens with one attached hydrogen (secondary N) is 2. The summed E-state index contributed by atoms with van der Waals surface area (Å²) in [4.78, 5) is 14.1. The Labute approximate surface area is 72.2 Å². The van der Waals surface area contributed by atoms with E-state index in [0.29, 0.717) is 13.0 Å². The molecule has 0 radical (unpaired) electrons. The smallest absolute Gasteiger partial charge is 0.224 e. The topological polar surface area (TPSA) is 44.9 Å². The Morgan fingerprint density at radius 3 is 2.92 bits per heavy atom. The number of aromatic nitrogens is 1. The zero-order valence-electron chi connectivity index (χ0n) is 7.48. The molecule has 66 valence electrons. The molecule has 0 aliphatic heterocycles. The fourth-order valence-corrected chi connectivity index (χ4v) is 1.12. The number of carbonyl (C=O) groups excluding carboxylic acids is 1. The molecule has 0 atom stereocenters. The second kappa shape index (κ2) is 3.95.